The van der Waals surface area contributed by atoms with Crippen molar-refractivity contribution in [1.29, 1.82) is 0 Å². The number of Topliss-reactive ketones (excluding diaryl/α,β-unsaturated/α-hetero) is 1. The maximum atomic E-state index is 12.8. The summed E-state index contributed by atoms with van der Waals surface area (Å²) in [5, 5.41) is 3.49. The molecule has 0 aromatic carbocycles. The number of amides is 2. The number of carbonyl (C=O) groups excluding carboxylic acids is 3. The highest BCUT2D eigenvalue weighted by Gasteiger charge is 2.55. The highest BCUT2D eigenvalue weighted by molar-refractivity contribution is 6.30. The quantitative estimate of drug-likeness (QED) is 0.756. The normalized spacial score (nSPS) is 27.9. The average Bonchev–Trinajstić information content (AvgIpc) is 3.46. The van der Waals surface area contributed by atoms with Crippen molar-refractivity contribution in [2.75, 3.05) is 24.5 Å². The van der Waals surface area contributed by atoms with E-state index in [9.17, 15) is 14.4 Å². The summed E-state index contributed by atoms with van der Waals surface area (Å²) < 4.78 is 0. The van der Waals surface area contributed by atoms with Crippen LogP contribution in [-0.4, -0.2) is 58.7 Å². The Labute approximate surface area is 169 Å². The van der Waals surface area contributed by atoms with Crippen LogP contribution in [0.1, 0.15) is 39.0 Å². The summed E-state index contributed by atoms with van der Waals surface area (Å²) >= 11 is 6.05. The van der Waals surface area contributed by atoms with Crippen molar-refractivity contribution < 1.29 is 14.4 Å². The first-order valence-electron chi connectivity index (χ1n) is 9.88. The van der Waals surface area contributed by atoms with E-state index in [1.54, 1.807) is 12.4 Å². The van der Waals surface area contributed by atoms with E-state index < -0.39 is 5.54 Å². The van der Waals surface area contributed by atoms with Crippen LogP contribution in [0.4, 0.5) is 5.69 Å². The second-order valence-corrected chi connectivity index (χ2v) is 8.57. The highest BCUT2D eigenvalue weighted by atomic mass is 35.5. The van der Waals surface area contributed by atoms with E-state index in [4.69, 9.17) is 11.6 Å². The van der Waals surface area contributed by atoms with Gasteiger partial charge in [0.25, 0.3) is 0 Å². The van der Waals surface area contributed by atoms with Crippen LogP contribution in [0.5, 0.6) is 0 Å². The number of nitrogens with zero attached hydrogens (tertiary/aromatic N) is 3. The number of ketones is 1. The van der Waals surface area contributed by atoms with Crippen molar-refractivity contribution in [3.8, 4) is 0 Å². The van der Waals surface area contributed by atoms with Gasteiger partial charge in [-0.05, 0) is 38.2 Å². The van der Waals surface area contributed by atoms with Gasteiger partial charge >= 0.3 is 0 Å². The monoisotopic (exact) mass is 404 g/mol. The summed E-state index contributed by atoms with van der Waals surface area (Å²) in [6.45, 7) is 4.01. The molecule has 2 atom stereocenters. The Morgan fingerprint density at radius 2 is 2.11 bits per heavy atom. The van der Waals surface area contributed by atoms with Crippen LogP contribution in [0.25, 0.3) is 0 Å². The largest absolute Gasteiger partial charge is 0.364 e. The number of pyridine rings is 1. The van der Waals surface area contributed by atoms with Gasteiger partial charge in [-0.15, -0.1) is 0 Å². The molecule has 1 saturated carbocycles. The number of halogens is 1. The van der Waals surface area contributed by atoms with Crippen LogP contribution in [0.2, 0.25) is 5.02 Å². The molecule has 1 aliphatic carbocycles. The highest BCUT2D eigenvalue weighted by Crippen LogP contribution is 2.45. The molecule has 2 amide bonds. The van der Waals surface area contributed by atoms with Crippen LogP contribution >= 0.6 is 11.6 Å². The molecule has 8 heteroatoms. The third-order valence-electron chi connectivity index (χ3n) is 6.19. The van der Waals surface area contributed by atoms with Crippen molar-refractivity contribution >= 4 is 34.9 Å². The zero-order valence-electron chi connectivity index (χ0n) is 16.0. The minimum Gasteiger partial charge on any atom is -0.364 e. The van der Waals surface area contributed by atoms with Crippen LogP contribution in [0, 0.1) is 5.92 Å². The molecule has 0 bridgehead atoms. The number of nitrogens with one attached hydrogen (secondary N) is 1. The molecule has 1 aromatic rings. The lowest BCUT2D eigenvalue weighted by molar-refractivity contribution is -0.133. The number of hydrogen-bond acceptors (Lipinski definition) is 5. The summed E-state index contributed by atoms with van der Waals surface area (Å²) in [6.07, 6.45) is 5.94. The topological polar surface area (TPSA) is 82.6 Å². The van der Waals surface area contributed by atoms with Crippen molar-refractivity contribution in [3.63, 3.8) is 0 Å². The molecule has 1 aromatic heterocycles. The Morgan fingerprint density at radius 3 is 2.71 bits per heavy atom. The van der Waals surface area contributed by atoms with Gasteiger partial charge in [-0.25, -0.2) is 0 Å². The lowest BCUT2D eigenvalue weighted by atomic mass is 9.85. The lowest BCUT2D eigenvalue weighted by Gasteiger charge is -2.41. The molecule has 150 valence electrons. The van der Waals surface area contributed by atoms with E-state index in [0.717, 1.165) is 18.5 Å². The van der Waals surface area contributed by atoms with Crippen LogP contribution in [0.15, 0.2) is 18.5 Å². The van der Waals surface area contributed by atoms with Gasteiger partial charge in [0.2, 0.25) is 11.8 Å². The fraction of sp³-hybridized carbons (Fsp3) is 0.600. The first-order valence-corrected chi connectivity index (χ1v) is 10.3. The van der Waals surface area contributed by atoms with E-state index >= 15 is 0 Å². The predicted octanol–water partition coefficient (Wildman–Crippen LogP) is 1.79. The molecule has 7 nitrogen and oxygen atoms in total. The number of carbonyl (C=O) groups is 3. The smallest absolute Gasteiger partial charge is 0.228 e. The molecule has 3 heterocycles. The zero-order chi connectivity index (χ0) is 19.9. The fourth-order valence-electron chi connectivity index (χ4n) is 4.57. The molecule has 1 N–H and O–H groups in total. The first-order chi connectivity index (χ1) is 13.4. The Kier molecular flexibility index (Phi) is 5.04. The molecule has 28 heavy (non-hydrogen) atoms. The van der Waals surface area contributed by atoms with Crippen molar-refractivity contribution in [3.05, 3.63) is 23.5 Å². The van der Waals surface area contributed by atoms with E-state index in [2.05, 4.69) is 22.1 Å². The summed E-state index contributed by atoms with van der Waals surface area (Å²) in [4.78, 5) is 45.2. The molecule has 3 aliphatic rings. The average molecular weight is 405 g/mol. The molecular weight excluding hydrogens is 380 g/mol. The van der Waals surface area contributed by atoms with E-state index in [0.29, 0.717) is 31.1 Å². The van der Waals surface area contributed by atoms with Crippen LogP contribution in [-0.2, 0) is 14.4 Å². The molecule has 4 rings (SSSR count). The third-order valence-corrected chi connectivity index (χ3v) is 6.40. The molecule has 0 spiro atoms. The molecule has 3 fully saturated rings. The lowest BCUT2D eigenvalue weighted by Crippen LogP contribution is -2.54. The second kappa shape index (κ2) is 7.35. The predicted molar refractivity (Wildman–Crippen MR) is 105 cm³/mol. The van der Waals surface area contributed by atoms with Gasteiger partial charge in [-0.2, -0.15) is 0 Å². The van der Waals surface area contributed by atoms with Crippen LogP contribution in [0.3, 0.4) is 0 Å². The summed E-state index contributed by atoms with van der Waals surface area (Å²) in [6, 6.07) is 2.03. The van der Waals surface area contributed by atoms with Gasteiger partial charge in [0.05, 0.1) is 23.3 Å². The molecular formula is C20H25ClN4O3. The summed E-state index contributed by atoms with van der Waals surface area (Å²) in [5.41, 5.74) is 0.158. The molecule has 0 radical (unpaired) electrons. The minimum atomic E-state index is -0.799. The molecule has 1 unspecified atom stereocenters. The van der Waals surface area contributed by atoms with E-state index in [-0.39, 0.29) is 42.4 Å². The Bertz CT molecular complexity index is 812. The summed E-state index contributed by atoms with van der Waals surface area (Å²) in [7, 11) is 0. The van der Waals surface area contributed by atoms with Crippen molar-refractivity contribution in [1.82, 2.24) is 15.2 Å². The van der Waals surface area contributed by atoms with Gasteiger partial charge in [-0.1, -0.05) is 11.6 Å². The van der Waals surface area contributed by atoms with Crippen molar-refractivity contribution in [2.24, 2.45) is 5.92 Å². The third kappa shape index (κ3) is 3.60. The zero-order valence-corrected chi connectivity index (χ0v) is 16.7. The van der Waals surface area contributed by atoms with Gasteiger partial charge in [0, 0.05) is 38.3 Å². The number of hydrogen-bond donors (Lipinski definition) is 1. The Balaban J connectivity index is 1.36. The van der Waals surface area contributed by atoms with Gasteiger partial charge in [0.1, 0.15) is 5.54 Å². The molecule has 2 saturated heterocycles. The standard InChI is InChI=1S/C20H25ClN4O3/c1-13-12-24(6-7-25(13)16-8-15(21)10-22-11-16)19(28)4-5-20(14-2-3-14)17(26)9-18(27)23-20/h8,10-11,13-14H,2-7,9,12H2,1H3,(H,23,27)/t13-,20?/m0/s1. The summed E-state index contributed by atoms with van der Waals surface area (Å²) in [5.74, 6) is -0.00352. The van der Waals surface area contributed by atoms with Gasteiger partial charge in [-0.3, -0.25) is 19.4 Å². The van der Waals surface area contributed by atoms with Gasteiger partial charge in [0.15, 0.2) is 5.78 Å². The Morgan fingerprint density at radius 1 is 1.32 bits per heavy atom. The van der Waals surface area contributed by atoms with Crippen molar-refractivity contribution in [2.45, 2.75) is 50.6 Å². The fourth-order valence-corrected chi connectivity index (χ4v) is 4.73. The van der Waals surface area contributed by atoms with Gasteiger partial charge < -0.3 is 15.1 Å². The van der Waals surface area contributed by atoms with E-state index in [1.807, 2.05) is 11.0 Å². The van der Waals surface area contributed by atoms with E-state index in [1.165, 1.54) is 0 Å². The number of anilines is 1. The number of aromatic nitrogens is 1. The maximum Gasteiger partial charge on any atom is 0.228 e. The minimum absolute atomic E-state index is 0.0422. The number of piperazine rings is 1. The maximum absolute atomic E-state index is 12.8. The first kappa shape index (κ1) is 19.2. The molecule has 2 aliphatic heterocycles. The number of rotatable bonds is 5. The second-order valence-electron chi connectivity index (χ2n) is 8.14. The Hall–Kier alpha value is -2.15. The van der Waals surface area contributed by atoms with Crippen LogP contribution < -0.4 is 10.2 Å². The SMILES string of the molecule is C[C@H]1CN(C(=O)CCC2(C3CC3)NC(=O)CC2=O)CCN1c1cncc(Cl)c1.